The van der Waals surface area contributed by atoms with Crippen LogP contribution in [0.3, 0.4) is 0 Å². The van der Waals surface area contributed by atoms with Crippen molar-refractivity contribution in [1.29, 1.82) is 0 Å². The molecule has 0 radical (unpaired) electrons. The zero-order chi connectivity index (χ0) is 15.1. The molecule has 1 unspecified atom stereocenters. The largest absolute Gasteiger partial charge is 0.383 e. The summed E-state index contributed by atoms with van der Waals surface area (Å²) in [6, 6.07) is 15.4. The van der Waals surface area contributed by atoms with Crippen LogP contribution < -0.4 is 10.6 Å². The molecule has 0 aliphatic heterocycles. The molecule has 2 rings (SSSR count). The highest BCUT2D eigenvalue weighted by atomic mass is 16.5. The Balaban J connectivity index is 2.36. The molecule has 0 fully saturated rings. The minimum atomic E-state index is 0.370. The van der Waals surface area contributed by atoms with Crippen LogP contribution in [0, 0.1) is 0 Å². The van der Waals surface area contributed by atoms with Crippen molar-refractivity contribution in [1.82, 2.24) is 0 Å². The Morgan fingerprint density at radius 2 is 1.90 bits per heavy atom. The van der Waals surface area contributed by atoms with Crippen molar-refractivity contribution in [3.8, 4) is 0 Å². The number of fused-ring (bicyclic) bond motifs is 1. The van der Waals surface area contributed by atoms with Crippen molar-refractivity contribution in [2.75, 3.05) is 31.7 Å². The second-order valence-corrected chi connectivity index (χ2v) is 5.32. The second-order valence-electron chi connectivity index (χ2n) is 5.32. The van der Waals surface area contributed by atoms with Crippen LogP contribution in [0.25, 0.3) is 10.8 Å². The van der Waals surface area contributed by atoms with E-state index in [2.05, 4.69) is 54.3 Å². The molecule has 3 heteroatoms. The number of ether oxygens (including phenoxy) is 1. The summed E-state index contributed by atoms with van der Waals surface area (Å²) >= 11 is 0. The van der Waals surface area contributed by atoms with E-state index in [0.29, 0.717) is 6.04 Å². The molecule has 2 aromatic rings. The first-order valence-electron chi connectivity index (χ1n) is 7.75. The lowest BCUT2D eigenvalue weighted by Crippen LogP contribution is -2.39. The smallest absolute Gasteiger partial charge is 0.0666 e. The van der Waals surface area contributed by atoms with Crippen molar-refractivity contribution in [2.24, 2.45) is 5.73 Å². The molecule has 0 amide bonds. The molecule has 0 heterocycles. The van der Waals surface area contributed by atoms with Gasteiger partial charge in [-0.3, -0.25) is 0 Å². The number of benzene rings is 2. The van der Waals surface area contributed by atoms with Gasteiger partial charge in [-0.05, 0) is 37.8 Å². The Morgan fingerprint density at radius 3 is 2.62 bits per heavy atom. The molecule has 0 bridgehead atoms. The summed E-state index contributed by atoms with van der Waals surface area (Å²) < 4.78 is 5.43. The molecule has 0 aliphatic carbocycles. The molecule has 1 atom stereocenters. The predicted molar refractivity (Wildman–Crippen MR) is 90.9 cm³/mol. The van der Waals surface area contributed by atoms with Crippen LogP contribution in [0.1, 0.15) is 19.8 Å². The lowest BCUT2D eigenvalue weighted by molar-refractivity contribution is 0.173. The van der Waals surface area contributed by atoms with Crippen LogP contribution in [0.2, 0.25) is 0 Å². The highest BCUT2D eigenvalue weighted by molar-refractivity contribution is 5.94. The number of hydrogen-bond donors (Lipinski definition) is 1. The van der Waals surface area contributed by atoms with Crippen LogP contribution in [0.4, 0.5) is 5.69 Å². The zero-order valence-corrected chi connectivity index (χ0v) is 13.1. The van der Waals surface area contributed by atoms with Crippen LogP contribution in [-0.4, -0.2) is 32.8 Å². The summed E-state index contributed by atoms with van der Waals surface area (Å²) in [6.07, 6.45) is 2.08. The molecule has 21 heavy (non-hydrogen) atoms. The molecule has 0 saturated heterocycles. The summed E-state index contributed by atoms with van der Waals surface area (Å²) in [5.74, 6) is 0. The number of methoxy groups -OCH3 is 1. The summed E-state index contributed by atoms with van der Waals surface area (Å²) in [6.45, 7) is 4.63. The van der Waals surface area contributed by atoms with Gasteiger partial charge < -0.3 is 15.4 Å². The summed E-state index contributed by atoms with van der Waals surface area (Å²) in [5.41, 5.74) is 6.97. The summed E-state index contributed by atoms with van der Waals surface area (Å²) in [5, 5.41) is 2.58. The second kappa shape index (κ2) is 8.01. The van der Waals surface area contributed by atoms with Gasteiger partial charge in [-0.25, -0.2) is 0 Å². The van der Waals surface area contributed by atoms with E-state index in [1.807, 2.05) is 0 Å². The molecule has 0 spiro atoms. The van der Waals surface area contributed by atoms with Gasteiger partial charge in [-0.15, -0.1) is 0 Å². The lowest BCUT2D eigenvalue weighted by atomic mass is 10.0. The number of anilines is 1. The number of nitrogens with zero attached hydrogens (tertiary/aromatic N) is 1. The van der Waals surface area contributed by atoms with Crippen molar-refractivity contribution < 1.29 is 4.74 Å². The number of hydrogen-bond acceptors (Lipinski definition) is 3. The van der Waals surface area contributed by atoms with E-state index < -0.39 is 0 Å². The molecule has 0 saturated carbocycles. The first-order valence-corrected chi connectivity index (χ1v) is 7.75. The fraction of sp³-hybridized carbons (Fsp3) is 0.444. The predicted octanol–water partition coefficient (Wildman–Crippen LogP) is 3.42. The molecule has 0 aromatic heterocycles. The summed E-state index contributed by atoms with van der Waals surface area (Å²) in [7, 11) is 1.77. The van der Waals surface area contributed by atoms with Crippen molar-refractivity contribution in [3.63, 3.8) is 0 Å². The SMILES string of the molecule is CCN(c1cccc2ccccc12)C(CCCN)COC. The van der Waals surface area contributed by atoms with Gasteiger partial charge in [0, 0.05) is 24.7 Å². The molecular weight excluding hydrogens is 260 g/mol. The first kappa shape index (κ1) is 15.8. The van der Waals surface area contributed by atoms with Crippen LogP contribution in [0.5, 0.6) is 0 Å². The van der Waals surface area contributed by atoms with E-state index in [9.17, 15) is 0 Å². The van der Waals surface area contributed by atoms with Gasteiger partial charge in [0.15, 0.2) is 0 Å². The van der Waals surface area contributed by atoms with Gasteiger partial charge in [-0.2, -0.15) is 0 Å². The molecule has 2 aromatic carbocycles. The van der Waals surface area contributed by atoms with Gasteiger partial charge >= 0.3 is 0 Å². The number of nitrogens with two attached hydrogens (primary N) is 1. The molecule has 2 N–H and O–H groups in total. The van der Waals surface area contributed by atoms with E-state index in [-0.39, 0.29) is 0 Å². The van der Waals surface area contributed by atoms with Crippen molar-refractivity contribution in [3.05, 3.63) is 42.5 Å². The third-order valence-electron chi connectivity index (χ3n) is 3.96. The normalized spacial score (nSPS) is 12.5. The maximum Gasteiger partial charge on any atom is 0.0666 e. The Morgan fingerprint density at radius 1 is 1.14 bits per heavy atom. The zero-order valence-electron chi connectivity index (χ0n) is 13.1. The Hall–Kier alpha value is -1.58. The number of likely N-dealkylation sites (N-methyl/N-ethyl adjacent to an activating group) is 1. The minimum Gasteiger partial charge on any atom is -0.383 e. The third kappa shape index (κ3) is 3.74. The monoisotopic (exact) mass is 286 g/mol. The lowest BCUT2D eigenvalue weighted by Gasteiger charge is -2.33. The average Bonchev–Trinajstić information content (AvgIpc) is 2.53. The van der Waals surface area contributed by atoms with E-state index in [4.69, 9.17) is 10.5 Å². The first-order chi connectivity index (χ1) is 10.3. The quantitative estimate of drug-likeness (QED) is 0.808. The molecule has 3 nitrogen and oxygen atoms in total. The Labute approximate surface area is 127 Å². The van der Waals surface area contributed by atoms with Gasteiger partial charge in [0.05, 0.1) is 12.6 Å². The van der Waals surface area contributed by atoms with Crippen molar-refractivity contribution in [2.45, 2.75) is 25.8 Å². The maximum absolute atomic E-state index is 5.68. The van der Waals surface area contributed by atoms with Crippen LogP contribution in [-0.2, 0) is 4.74 Å². The van der Waals surface area contributed by atoms with Gasteiger partial charge in [0.2, 0.25) is 0 Å². The highest BCUT2D eigenvalue weighted by Gasteiger charge is 2.18. The number of rotatable bonds is 8. The van der Waals surface area contributed by atoms with E-state index in [1.54, 1.807) is 7.11 Å². The Kier molecular flexibility index (Phi) is 6.03. The topological polar surface area (TPSA) is 38.5 Å². The molecular formula is C18H26N2O. The fourth-order valence-electron chi connectivity index (χ4n) is 2.96. The van der Waals surface area contributed by atoms with Crippen molar-refractivity contribution >= 4 is 16.5 Å². The molecule has 0 aliphatic rings. The average molecular weight is 286 g/mol. The van der Waals surface area contributed by atoms with Crippen LogP contribution >= 0.6 is 0 Å². The fourth-order valence-corrected chi connectivity index (χ4v) is 2.96. The van der Waals surface area contributed by atoms with Crippen LogP contribution in [0.15, 0.2) is 42.5 Å². The summed E-state index contributed by atoms with van der Waals surface area (Å²) in [4.78, 5) is 2.45. The van der Waals surface area contributed by atoms with E-state index >= 15 is 0 Å². The van der Waals surface area contributed by atoms with Gasteiger partial charge in [-0.1, -0.05) is 36.4 Å². The molecule has 114 valence electrons. The minimum absolute atomic E-state index is 0.370. The van der Waals surface area contributed by atoms with Gasteiger partial charge in [0.1, 0.15) is 0 Å². The van der Waals surface area contributed by atoms with Gasteiger partial charge in [0.25, 0.3) is 0 Å². The standard InChI is InChI=1S/C18H26N2O/c1-3-20(16(14-21-2)10-7-13-19)18-12-6-9-15-8-4-5-11-17(15)18/h4-6,8-9,11-12,16H,3,7,10,13-14,19H2,1-2H3. The highest BCUT2D eigenvalue weighted by Crippen LogP contribution is 2.29. The Bertz CT molecular complexity index is 550. The third-order valence-corrected chi connectivity index (χ3v) is 3.96. The van der Waals surface area contributed by atoms with E-state index in [1.165, 1.54) is 16.5 Å². The van der Waals surface area contributed by atoms with E-state index in [0.717, 1.165) is 32.5 Å². The maximum atomic E-state index is 5.68.